The Hall–Kier alpha value is -0.960. The second-order valence-corrected chi connectivity index (χ2v) is 3.56. The van der Waals surface area contributed by atoms with Gasteiger partial charge in [-0.15, -0.1) is 0 Å². The van der Waals surface area contributed by atoms with Crippen molar-refractivity contribution in [1.29, 1.82) is 0 Å². The fourth-order valence-corrected chi connectivity index (χ4v) is 1.23. The van der Waals surface area contributed by atoms with Crippen molar-refractivity contribution >= 4 is 0 Å². The third-order valence-electron chi connectivity index (χ3n) is 2.23. The lowest BCUT2D eigenvalue weighted by Gasteiger charge is -2.07. The number of halogens is 2. The number of hydrogen-bond donors (Lipinski definition) is 1. The summed E-state index contributed by atoms with van der Waals surface area (Å²) in [4.78, 5) is 0. The van der Waals surface area contributed by atoms with Gasteiger partial charge in [0.25, 0.3) is 0 Å². The zero-order chi connectivity index (χ0) is 10.6. The van der Waals surface area contributed by atoms with Crippen LogP contribution in [0.2, 0.25) is 0 Å². The Labute approximate surface area is 82.4 Å². The van der Waals surface area contributed by atoms with Crippen molar-refractivity contribution in [1.82, 2.24) is 0 Å². The van der Waals surface area contributed by atoms with Gasteiger partial charge in [-0.05, 0) is 42.5 Å². The van der Waals surface area contributed by atoms with E-state index in [-0.39, 0.29) is 18.3 Å². The molecule has 0 aliphatic carbocycles. The number of aryl methyl sites for hydroxylation is 1. The maximum absolute atomic E-state index is 13.1. The summed E-state index contributed by atoms with van der Waals surface area (Å²) in [6.45, 7) is 1.95. The van der Waals surface area contributed by atoms with Crippen LogP contribution in [-0.4, -0.2) is 11.7 Å². The molecule has 1 N–H and O–H groups in total. The molecule has 0 spiro atoms. The van der Waals surface area contributed by atoms with Crippen LogP contribution in [0.15, 0.2) is 18.2 Å². The Morgan fingerprint density at radius 1 is 1.36 bits per heavy atom. The summed E-state index contributed by atoms with van der Waals surface area (Å²) in [5.41, 5.74) is 0.380. The maximum atomic E-state index is 13.1. The van der Waals surface area contributed by atoms with Gasteiger partial charge in [0.05, 0.1) is 0 Å². The van der Waals surface area contributed by atoms with Gasteiger partial charge in [-0.3, -0.25) is 0 Å². The highest BCUT2D eigenvalue weighted by atomic mass is 19.1. The van der Waals surface area contributed by atoms with Crippen LogP contribution in [0.5, 0.6) is 0 Å². The van der Waals surface area contributed by atoms with Crippen LogP contribution in [0.1, 0.15) is 18.9 Å². The molecule has 3 heteroatoms. The van der Waals surface area contributed by atoms with E-state index in [1.165, 1.54) is 6.07 Å². The van der Waals surface area contributed by atoms with Crippen molar-refractivity contribution in [2.75, 3.05) is 6.61 Å². The molecule has 0 radical (unpaired) electrons. The summed E-state index contributed by atoms with van der Waals surface area (Å²) >= 11 is 0. The molecular formula is C11H14F2O. The highest BCUT2D eigenvalue weighted by molar-refractivity contribution is 5.18. The Balaban J connectivity index is 2.62. The lowest BCUT2D eigenvalue weighted by atomic mass is 10.0. The summed E-state index contributed by atoms with van der Waals surface area (Å²) in [6, 6.07) is 3.45. The highest BCUT2D eigenvalue weighted by Gasteiger charge is 2.06. The lowest BCUT2D eigenvalue weighted by Crippen LogP contribution is -2.03. The largest absolute Gasteiger partial charge is 0.396 e. The number of hydrogen-bond acceptors (Lipinski definition) is 1. The molecular weight excluding hydrogens is 186 g/mol. The van der Waals surface area contributed by atoms with Gasteiger partial charge >= 0.3 is 0 Å². The molecule has 1 nitrogen and oxygen atoms in total. The summed E-state index contributed by atoms with van der Waals surface area (Å²) in [6.07, 6.45) is 1.13. The summed E-state index contributed by atoms with van der Waals surface area (Å²) in [5.74, 6) is -0.674. The molecule has 0 aliphatic heterocycles. The van der Waals surface area contributed by atoms with Crippen LogP contribution < -0.4 is 0 Å². The molecule has 1 aromatic rings. The zero-order valence-corrected chi connectivity index (χ0v) is 8.13. The van der Waals surface area contributed by atoms with Gasteiger partial charge < -0.3 is 5.11 Å². The van der Waals surface area contributed by atoms with E-state index in [1.54, 1.807) is 0 Å². The van der Waals surface area contributed by atoms with E-state index >= 15 is 0 Å². The first kappa shape index (κ1) is 11.1. The Kier molecular flexibility index (Phi) is 4.01. The third-order valence-corrected chi connectivity index (χ3v) is 2.23. The first-order chi connectivity index (χ1) is 6.63. The zero-order valence-electron chi connectivity index (χ0n) is 8.13. The van der Waals surface area contributed by atoms with Crippen molar-refractivity contribution in [3.8, 4) is 0 Å². The lowest BCUT2D eigenvalue weighted by molar-refractivity contribution is 0.230. The van der Waals surface area contributed by atoms with Crippen LogP contribution >= 0.6 is 0 Å². The van der Waals surface area contributed by atoms with Crippen LogP contribution in [0.3, 0.4) is 0 Å². The van der Waals surface area contributed by atoms with E-state index in [9.17, 15) is 8.78 Å². The van der Waals surface area contributed by atoms with E-state index in [2.05, 4.69) is 0 Å². The topological polar surface area (TPSA) is 20.2 Å². The molecule has 0 aromatic heterocycles. The van der Waals surface area contributed by atoms with Crippen molar-refractivity contribution < 1.29 is 13.9 Å². The normalized spacial score (nSPS) is 12.9. The molecule has 0 amide bonds. The Morgan fingerprint density at radius 2 is 2.07 bits per heavy atom. The minimum absolute atomic E-state index is 0.0803. The monoisotopic (exact) mass is 200 g/mol. The molecule has 0 aliphatic rings. The predicted octanol–water partition coefficient (Wildman–Crippen LogP) is 2.53. The van der Waals surface area contributed by atoms with Gasteiger partial charge in [-0.1, -0.05) is 6.92 Å². The smallest absolute Gasteiger partial charge is 0.126 e. The van der Waals surface area contributed by atoms with Crippen molar-refractivity contribution in [2.45, 2.75) is 19.8 Å². The van der Waals surface area contributed by atoms with Crippen molar-refractivity contribution in [3.05, 3.63) is 35.4 Å². The number of rotatable bonds is 4. The fourth-order valence-electron chi connectivity index (χ4n) is 1.23. The Morgan fingerprint density at radius 3 is 2.71 bits per heavy atom. The van der Waals surface area contributed by atoms with E-state index in [0.29, 0.717) is 18.4 Å². The second-order valence-electron chi connectivity index (χ2n) is 3.56. The molecule has 1 rings (SSSR count). The van der Waals surface area contributed by atoms with Crippen molar-refractivity contribution in [2.24, 2.45) is 5.92 Å². The van der Waals surface area contributed by atoms with Crippen LogP contribution in [-0.2, 0) is 6.42 Å². The van der Waals surface area contributed by atoms with E-state index < -0.39 is 5.82 Å². The van der Waals surface area contributed by atoms with Crippen LogP contribution in [0.4, 0.5) is 8.78 Å². The number of aliphatic hydroxyl groups is 1. The summed E-state index contributed by atoms with van der Waals surface area (Å²) < 4.78 is 25.8. The molecule has 78 valence electrons. The molecule has 1 aromatic carbocycles. The molecule has 14 heavy (non-hydrogen) atoms. The summed E-state index contributed by atoms with van der Waals surface area (Å²) in [7, 11) is 0. The fraction of sp³-hybridized carbons (Fsp3) is 0.455. The first-order valence-corrected chi connectivity index (χ1v) is 4.68. The van der Waals surface area contributed by atoms with E-state index in [4.69, 9.17) is 5.11 Å². The first-order valence-electron chi connectivity index (χ1n) is 4.68. The third kappa shape index (κ3) is 3.07. The molecule has 1 atom stereocenters. The Bertz CT molecular complexity index is 299. The van der Waals surface area contributed by atoms with Gasteiger partial charge in [0.2, 0.25) is 0 Å². The summed E-state index contributed by atoms with van der Waals surface area (Å²) in [5, 5.41) is 8.77. The van der Waals surface area contributed by atoms with Gasteiger partial charge in [0, 0.05) is 6.61 Å². The van der Waals surface area contributed by atoms with Crippen molar-refractivity contribution in [3.63, 3.8) is 0 Å². The van der Waals surface area contributed by atoms with Gasteiger partial charge in [0.1, 0.15) is 11.6 Å². The number of benzene rings is 1. The van der Waals surface area contributed by atoms with Crippen LogP contribution in [0.25, 0.3) is 0 Å². The predicted molar refractivity (Wildman–Crippen MR) is 50.9 cm³/mol. The molecule has 0 unspecified atom stereocenters. The molecule has 0 saturated heterocycles. The highest BCUT2D eigenvalue weighted by Crippen LogP contribution is 2.14. The molecule has 0 fully saturated rings. The number of aliphatic hydroxyl groups excluding tert-OH is 1. The average molecular weight is 200 g/mol. The standard InChI is InChI=1S/C11H14F2O/c1-8(7-14)2-3-9-6-10(12)4-5-11(9)13/h4-6,8,14H,2-3,7H2,1H3/t8-/m0/s1. The molecule has 0 saturated carbocycles. The minimum atomic E-state index is -0.418. The average Bonchev–Trinajstić information content (AvgIpc) is 2.19. The maximum Gasteiger partial charge on any atom is 0.126 e. The van der Waals surface area contributed by atoms with Gasteiger partial charge in [-0.25, -0.2) is 8.78 Å². The van der Waals surface area contributed by atoms with Crippen LogP contribution in [0, 0.1) is 17.6 Å². The molecule has 0 bridgehead atoms. The minimum Gasteiger partial charge on any atom is -0.396 e. The quantitative estimate of drug-likeness (QED) is 0.791. The SMILES string of the molecule is C[C@H](CO)CCc1cc(F)ccc1F. The van der Waals surface area contributed by atoms with Gasteiger partial charge in [0.15, 0.2) is 0 Å². The van der Waals surface area contributed by atoms with E-state index in [1.807, 2.05) is 6.92 Å². The van der Waals surface area contributed by atoms with Gasteiger partial charge in [-0.2, -0.15) is 0 Å². The molecule has 0 heterocycles. The van der Waals surface area contributed by atoms with E-state index in [0.717, 1.165) is 12.1 Å². The second kappa shape index (κ2) is 5.05.